The maximum absolute atomic E-state index is 10.6. The number of aryl methyl sites for hydroxylation is 1. The highest BCUT2D eigenvalue weighted by Gasteiger charge is 2.13. The fourth-order valence-corrected chi connectivity index (χ4v) is 2.50. The Kier molecular flexibility index (Phi) is 4.06. The first-order valence-electron chi connectivity index (χ1n) is 5.84. The van der Waals surface area contributed by atoms with E-state index in [0.29, 0.717) is 0 Å². The Morgan fingerprint density at radius 1 is 1.16 bits per heavy atom. The third-order valence-corrected chi connectivity index (χ3v) is 3.71. The summed E-state index contributed by atoms with van der Waals surface area (Å²) in [7, 11) is 0. The van der Waals surface area contributed by atoms with Crippen LogP contribution in [0.1, 0.15) is 12.5 Å². The Morgan fingerprint density at radius 3 is 2.32 bits per heavy atom. The van der Waals surface area contributed by atoms with Gasteiger partial charge in [0.15, 0.2) is 5.75 Å². The largest absolute Gasteiger partial charge is 0.502 e. The van der Waals surface area contributed by atoms with Crippen LogP contribution in [0.3, 0.4) is 0 Å². The molecule has 0 aliphatic carbocycles. The Balaban J connectivity index is 2.18. The number of nitro groups is 1. The van der Waals surface area contributed by atoms with Crippen LogP contribution in [0.15, 0.2) is 52.3 Å². The molecule has 19 heavy (non-hydrogen) atoms. The SMILES string of the molecule is CCc1ccc(Sc2ccc([N+](=O)[O-])c(O)c2)cc1. The second-order valence-electron chi connectivity index (χ2n) is 4.01. The zero-order valence-electron chi connectivity index (χ0n) is 10.4. The Hall–Kier alpha value is -2.01. The summed E-state index contributed by atoms with van der Waals surface area (Å²) < 4.78 is 0. The molecule has 0 bridgehead atoms. The van der Waals surface area contributed by atoms with Gasteiger partial charge in [-0.05, 0) is 30.2 Å². The number of hydrogen-bond acceptors (Lipinski definition) is 4. The fourth-order valence-electron chi connectivity index (χ4n) is 1.65. The molecular formula is C14H13NO3S. The summed E-state index contributed by atoms with van der Waals surface area (Å²) in [4.78, 5) is 11.8. The van der Waals surface area contributed by atoms with Crippen LogP contribution in [-0.4, -0.2) is 10.0 Å². The molecule has 0 fully saturated rings. The van der Waals surface area contributed by atoms with E-state index in [1.54, 1.807) is 6.07 Å². The second kappa shape index (κ2) is 5.75. The van der Waals surface area contributed by atoms with Gasteiger partial charge < -0.3 is 5.11 Å². The van der Waals surface area contributed by atoms with Crippen LogP contribution in [0.2, 0.25) is 0 Å². The van der Waals surface area contributed by atoms with Crippen LogP contribution in [0, 0.1) is 10.1 Å². The highest BCUT2D eigenvalue weighted by Crippen LogP contribution is 2.34. The number of nitrogens with zero attached hydrogens (tertiary/aromatic N) is 1. The molecule has 1 N–H and O–H groups in total. The van der Waals surface area contributed by atoms with Crippen LogP contribution < -0.4 is 0 Å². The van der Waals surface area contributed by atoms with Gasteiger partial charge in [-0.15, -0.1) is 0 Å². The van der Waals surface area contributed by atoms with Crippen molar-refractivity contribution in [3.8, 4) is 5.75 Å². The van der Waals surface area contributed by atoms with E-state index in [0.717, 1.165) is 16.2 Å². The molecule has 0 heterocycles. The van der Waals surface area contributed by atoms with E-state index in [1.165, 1.54) is 29.5 Å². The van der Waals surface area contributed by atoms with Gasteiger partial charge in [0.1, 0.15) is 0 Å². The molecule has 4 nitrogen and oxygen atoms in total. The molecule has 2 rings (SSSR count). The number of nitro benzene ring substituents is 1. The number of hydrogen-bond donors (Lipinski definition) is 1. The summed E-state index contributed by atoms with van der Waals surface area (Å²) in [5.74, 6) is -0.305. The predicted octanol–water partition coefficient (Wildman–Crippen LogP) is 4.01. The van der Waals surface area contributed by atoms with Crippen LogP contribution in [0.4, 0.5) is 5.69 Å². The number of rotatable bonds is 4. The number of phenolic OH excluding ortho intramolecular Hbond substituents is 1. The molecule has 0 spiro atoms. The second-order valence-corrected chi connectivity index (χ2v) is 5.15. The van der Waals surface area contributed by atoms with Crippen molar-refractivity contribution >= 4 is 17.4 Å². The highest BCUT2D eigenvalue weighted by molar-refractivity contribution is 7.99. The van der Waals surface area contributed by atoms with Crippen LogP contribution in [0.25, 0.3) is 0 Å². The molecular weight excluding hydrogens is 262 g/mol. The molecule has 2 aromatic carbocycles. The molecule has 0 radical (unpaired) electrons. The van der Waals surface area contributed by atoms with Gasteiger partial charge in [-0.25, -0.2) is 0 Å². The van der Waals surface area contributed by atoms with Crippen molar-refractivity contribution in [1.29, 1.82) is 0 Å². The summed E-state index contributed by atoms with van der Waals surface area (Å²) >= 11 is 1.46. The lowest BCUT2D eigenvalue weighted by Crippen LogP contribution is -1.88. The lowest BCUT2D eigenvalue weighted by molar-refractivity contribution is -0.385. The molecule has 0 saturated carbocycles. The summed E-state index contributed by atoms with van der Waals surface area (Å²) in [6.45, 7) is 2.09. The standard InChI is InChI=1S/C14H13NO3S/c1-2-10-3-5-11(6-4-10)19-12-7-8-13(15(17)18)14(16)9-12/h3-9,16H,2H2,1H3. The highest BCUT2D eigenvalue weighted by atomic mass is 32.2. The average molecular weight is 275 g/mol. The van der Waals surface area contributed by atoms with Crippen molar-refractivity contribution in [2.75, 3.05) is 0 Å². The zero-order chi connectivity index (χ0) is 13.8. The minimum absolute atomic E-state index is 0.273. The number of benzene rings is 2. The van der Waals surface area contributed by atoms with Gasteiger partial charge in [-0.3, -0.25) is 10.1 Å². The maximum atomic E-state index is 10.6. The molecule has 2 aromatic rings. The molecule has 0 aliphatic heterocycles. The number of phenols is 1. The third kappa shape index (κ3) is 3.26. The van der Waals surface area contributed by atoms with Crippen molar-refractivity contribution in [2.24, 2.45) is 0 Å². The molecule has 5 heteroatoms. The van der Waals surface area contributed by atoms with Crippen LogP contribution in [0.5, 0.6) is 5.75 Å². The van der Waals surface area contributed by atoms with Crippen LogP contribution in [-0.2, 0) is 6.42 Å². The van der Waals surface area contributed by atoms with Gasteiger partial charge in [-0.1, -0.05) is 30.8 Å². The minimum atomic E-state index is -0.597. The Morgan fingerprint density at radius 2 is 1.79 bits per heavy atom. The molecule has 0 unspecified atom stereocenters. The molecule has 0 amide bonds. The maximum Gasteiger partial charge on any atom is 0.310 e. The first-order chi connectivity index (χ1) is 9.10. The Bertz CT molecular complexity index is 596. The van der Waals surface area contributed by atoms with E-state index in [9.17, 15) is 15.2 Å². The third-order valence-electron chi connectivity index (χ3n) is 2.71. The first-order valence-corrected chi connectivity index (χ1v) is 6.66. The smallest absolute Gasteiger partial charge is 0.310 e. The summed E-state index contributed by atoms with van der Waals surface area (Å²) in [6.07, 6.45) is 0.989. The first kappa shape index (κ1) is 13.4. The summed E-state index contributed by atoms with van der Waals surface area (Å²) in [5.41, 5.74) is 0.988. The van der Waals surface area contributed by atoms with E-state index < -0.39 is 4.92 Å². The van der Waals surface area contributed by atoms with Crippen LogP contribution >= 0.6 is 11.8 Å². The van der Waals surface area contributed by atoms with Gasteiger partial charge in [-0.2, -0.15) is 0 Å². The molecule has 0 aromatic heterocycles. The van der Waals surface area contributed by atoms with Crippen molar-refractivity contribution in [3.63, 3.8) is 0 Å². The lowest BCUT2D eigenvalue weighted by Gasteiger charge is -2.04. The summed E-state index contributed by atoms with van der Waals surface area (Å²) in [5, 5.41) is 20.2. The van der Waals surface area contributed by atoms with E-state index in [4.69, 9.17) is 0 Å². The van der Waals surface area contributed by atoms with Gasteiger partial charge in [0.25, 0.3) is 0 Å². The predicted molar refractivity (Wildman–Crippen MR) is 74.7 cm³/mol. The molecule has 0 saturated heterocycles. The van der Waals surface area contributed by atoms with Crippen molar-refractivity contribution in [3.05, 3.63) is 58.1 Å². The van der Waals surface area contributed by atoms with Gasteiger partial charge in [0.05, 0.1) is 4.92 Å². The number of aromatic hydroxyl groups is 1. The van der Waals surface area contributed by atoms with Crippen molar-refractivity contribution < 1.29 is 10.0 Å². The van der Waals surface area contributed by atoms with E-state index in [-0.39, 0.29) is 11.4 Å². The van der Waals surface area contributed by atoms with E-state index in [1.807, 2.05) is 24.3 Å². The lowest BCUT2D eigenvalue weighted by atomic mass is 10.2. The van der Waals surface area contributed by atoms with E-state index >= 15 is 0 Å². The normalized spacial score (nSPS) is 10.4. The molecule has 98 valence electrons. The zero-order valence-corrected chi connectivity index (χ0v) is 11.2. The quantitative estimate of drug-likeness (QED) is 0.676. The molecule has 0 atom stereocenters. The van der Waals surface area contributed by atoms with Gasteiger partial charge in [0, 0.05) is 21.9 Å². The van der Waals surface area contributed by atoms with Gasteiger partial charge >= 0.3 is 5.69 Å². The topological polar surface area (TPSA) is 63.4 Å². The average Bonchev–Trinajstić information content (AvgIpc) is 2.39. The van der Waals surface area contributed by atoms with Crippen molar-refractivity contribution in [1.82, 2.24) is 0 Å². The molecule has 0 aliphatic rings. The fraction of sp³-hybridized carbons (Fsp3) is 0.143. The van der Waals surface area contributed by atoms with Gasteiger partial charge in [0.2, 0.25) is 0 Å². The van der Waals surface area contributed by atoms with E-state index in [2.05, 4.69) is 6.92 Å². The summed E-state index contributed by atoms with van der Waals surface area (Å²) in [6, 6.07) is 12.5. The minimum Gasteiger partial charge on any atom is -0.502 e. The monoisotopic (exact) mass is 275 g/mol. The Labute approximate surface area is 115 Å². The van der Waals surface area contributed by atoms with Crippen molar-refractivity contribution in [2.45, 2.75) is 23.1 Å².